The number of hydrogen-bond donors (Lipinski definition) is 0. The Balaban J connectivity index is 1.58. The third-order valence-electron chi connectivity index (χ3n) is 4.92. The van der Waals surface area contributed by atoms with Crippen molar-refractivity contribution >= 4 is 11.8 Å². The number of carbonyl (C=O) groups is 2. The summed E-state index contributed by atoms with van der Waals surface area (Å²) in [5.74, 6) is -0.121. The van der Waals surface area contributed by atoms with Gasteiger partial charge in [0, 0.05) is 19.6 Å². The number of hydrogen-bond acceptors (Lipinski definition) is 3. The Labute approximate surface area is 147 Å². The minimum atomic E-state index is -1.96. The van der Waals surface area contributed by atoms with Gasteiger partial charge in [0.25, 0.3) is 11.8 Å². The Morgan fingerprint density at radius 3 is 2.60 bits per heavy atom. The highest BCUT2D eigenvalue weighted by atomic mass is 19.1. The van der Waals surface area contributed by atoms with Crippen molar-refractivity contribution in [1.82, 2.24) is 9.80 Å². The molecule has 0 N–H and O–H groups in total. The molecular formula is C19H25FN2O3. The minimum absolute atomic E-state index is 0.141. The molecular weight excluding hydrogens is 323 g/mol. The Morgan fingerprint density at radius 1 is 1.16 bits per heavy atom. The summed E-state index contributed by atoms with van der Waals surface area (Å²) in [5.41, 5.74) is -0.913. The predicted molar refractivity (Wildman–Crippen MR) is 92.1 cm³/mol. The van der Waals surface area contributed by atoms with Gasteiger partial charge in [-0.25, -0.2) is 4.39 Å². The van der Waals surface area contributed by atoms with Crippen LogP contribution in [-0.4, -0.2) is 60.1 Å². The van der Waals surface area contributed by atoms with Crippen LogP contribution >= 0.6 is 0 Å². The van der Waals surface area contributed by atoms with E-state index in [1.165, 1.54) is 4.90 Å². The summed E-state index contributed by atoms with van der Waals surface area (Å²) in [7, 11) is 0. The van der Waals surface area contributed by atoms with E-state index in [0.717, 1.165) is 18.4 Å². The summed E-state index contributed by atoms with van der Waals surface area (Å²) in [6.45, 7) is 3.34. The van der Waals surface area contributed by atoms with Gasteiger partial charge in [0.05, 0.1) is 6.54 Å². The third-order valence-corrected chi connectivity index (χ3v) is 4.92. The summed E-state index contributed by atoms with van der Waals surface area (Å²) in [6, 6.07) is 7.44. The maximum atomic E-state index is 15.2. The Hall–Kier alpha value is -2.11. The molecule has 2 fully saturated rings. The van der Waals surface area contributed by atoms with E-state index in [9.17, 15) is 9.59 Å². The topological polar surface area (TPSA) is 49.9 Å². The molecule has 1 atom stereocenters. The summed E-state index contributed by atoms with van der Waals surface area (Å²) in [4.78, 5) is 27.9. The molecule has 1 aromatic rings. The zero-order valence-corrected chi connectivity index (χ0v) is 14.7. The van der Waals surface area contributed by atoms with E-state index in [1.807, 2.05) is 25.1 Å². The van der Waals surface area contributed by atoms with Crippen LogP contribution < -0.4 is 4.74 Å². The molecule has 0 radical (unpaired) electrons. The minimum Gasteiger partial charge on any atom is -0.484 e. The second-order valence-corrected chi connectivity index (χ2v) is 6.99. The van der Waals surface area contributed by atoms with E-state index in [2.05, 4.69) is 0 Å². The lowest BCUT2D eigenvalue weighted by atomic mass is 9.93. The number of aryl methyl sites for hydroxylation is 1. The number of benzene rings is 1. The summed E-state index contributed by atoms with van der Waals surface area (Å²) < 4.78 is 20.7. The monoisotopic (exact) mass is 348 g/mol. The molecule has 6 heteroatoms. The Bertz CT molecular complexity index is 645. The fourth-order valence-electron chi connectivity index (χ4n) is 3.54. The normalized spacial score (nSPS) is 23.6. The van der Waals surface area contributed by atoms with Gasteiger partial charge in [-0.3, -0.25) is 9.59 Å². The number of piperidine rings is 1. The standard InChI is InChI=1S/C19H25FN2O3/c1-15-6-4-7-16(12-15)25-13-17(23)22-11-5-8-19(20,14-22)18(24)21-9-2-3-10-21/h4,6-7,12H,2-3,5,8-11,13-14H2,1H3. The molecule has 0 saturated carbocycles. The van der Waals surface area contributed by atoms with E-state index < -0.39 is 11.6 Å². The first-order chi connectivity index (χ1) is 12.0. The molecule has 1 aromatic carbocycles. The zero-order chi connectivity index (χ0) is 17.9. The maximum absolute atomic E-state index is 15.2. The van der Waals surface area contributed by atoms with Gasteiger partial charge in [-0.05, 0) is 50.3 Å². The molecule has 2 amide bonds. The summed E-state index contributed by atoms with van der Waals surface area (Å²) >= 11 is 0. The highest BCUT2D eigenvalue weighted by molar-refractivity contribution is 5.87. The fourth-order valence-corrected chi connectivity index (χ4v) is 3.54. The molecule has 25 heavy (non-hydrogen) atoms. The van der Waals surface area contributed by atoms with Crippen LogP contribution in [0, 0.1) is 6.92 Å². The molecule has 0 aliphatic carbocycles. The van der Waals surface area contributed by atoms with Crippen molar-refractivity contribution in [3.8, 4) is 5.75 Å². The van der Waals surface area contributed by atoms with E-state index in [4.69, 9.17) is 4.74 Å². The smallest absolute Gasteiger partial charge is 0.262 e. The van der Waals surface area contributed by atoms with E-state index in [-0.39, 0.29) is 25.5 Å². The van der Waals surface area contributed by atoms with Crippen molar-refractivity contribution in [2.24, 2.45) is 0 Å². The SMILES string of the molecule is Cc1cccc(OCC(=O)N2CCCC(F)(C(=O)N3CCCC3)C2)c1. The number of carbonyl (C=O) groups excluding carboxylic acids is 2. The molecule has 2 heterocycles. The van der Waals surface area contributed by atoms with Gasteiger partial charge in [-0.2, -0.15) is 0 Å². The summed E-state index contributed by atoms with van der Waals surface area (Å²) in [6.07, 6.45) is 2.53. The van der Waals surface area contributed by atoms with Crippen LogP contribution in [-0.2, 0) is 9.59 Å². The van der Waals surface area contributed by atoms with Crippen LogP contribution in [0.3, 0.4) is 0 Å². The van der Waals surface area contributed by atoms with E-state index in [0.29, 0.717) is 31.8 Å². The van der Waals surface area contributed by atoms with Gasteiger partial charge in [0.15, 0.2) is 6.61 Å². The number of nitrogens with zero attached hydrogens (tertiary/aromatic N) is 2. The molecule has 5 nitrogen and oxygen atoms in total. The molecule has 3 rings (SSSR count). The van der Waals surface area contributed by atoms with Crippen LogP contribution in [0.5, 0.6) is 5.75 Å². The third kappa shape index (κ3) is 4.11. The van der Waals surface area contributed by atoms with Gasteiger partial charge >= 0.3 is 0 Å². The first-order valence-electron chi connectivity index (χ1n) is 8.93. The molecule has 0 spiro atoms. The van der Waals surface area contributed by atoms with Crippen LogP contribution in [0.15, 0.2) is 24.3 Å². The van der Waals surface area contributed by atoms with Crippen molar-refractivity contribution < 1.29 is 18.7 Å². The maximum Gasteiger partial charge on any atom is 0.262 e. The quantitative estimate of drug-likeness (QED) is 0.839. The Kier molecular flexibility index (Phi) is 5.25. The second-order valence-electron chi connectivity index (χ2n) is 6.99. The van der Waals surface area contributed by atoms with Gasteiger partial charge < -0.3 is 14.5 Å². The summed E-state index contributed by atoms with van der Waals surface area (Å²) in [5, 5.41) is 0. The number of halogens is 1. The second kappa shape index (κ2) is 7.42. The predicted octanol–water partition coefficient (Wildman–Crippen LogP) is 2.33. The largest absolute Gasteiger partial charge is 0.484 e. The van der Waals surface area contributed by atoms with Crippen molar-refractivity contribution in [3.63, 3.8) is 0 Å². The molecule has 2 saturated heterocycles. The molecule has 1 unspecified atom stereocenters. The lowest BCUT2D eigenvalue weighted by Gasteiger charge is -2.38. The fraction of sp³-hybridized carbons (Fsp3) is 0.579. The highest BCUT2D eigenvalue weighted by Crippen LogP contribution is 2.29. The molecule has 136 valence electrons. The van der Waals surface area contributed by atoms with Gasteiger partial charge in [0.2, 0.25) is 5.67 Å². The van der Waals surface area contributed by atoms with Crippen LogP contribution in [0.25, 0.3) is 0 Å². The van der Waals surface area contributed by atoms with Gasteiger partial charge in [-0.1, -0.05) is 12.1 Å². The first kappa shape index (κ1) is 17.7. The molecule has 2 aliphatic rings. The van der Waals surface area contributed by atoms with Gasteiger partial charge in [-0.15, -0.1) is 0 Å². The van der Waals surface area contributed by atoms with Gasteiger partial charge in [0.1, 0.15) is 5.75 Å². The number of likely N-dealkylation sites (tertiary alicyclic amines) is 2. The highest BCUT2D eigenvalue weighted by Gasteiger charge is 2.46. The van der Waals surface area contributed by atoms with Crippen molar-refractivity contribution in [2.45, 2.75) is 38.3 Å². The molecule has 0 bridgehead atoms. The van der Waals surface area contributed by atoms with Crippen molar-refractivity contribution in [2.75, 3.05) is 32.8 Å². The first-order valence-corrected chi connectivity index (χ1v) is 8.93. The van der Waals surface area contributed by atoms with Crippen molar-refractivity contribution in [3.05, 3.63) is 29.8 Å². The lowest BCUT2D eigenvalue weighted by Crippen LogP contribution is -2.56. The van der Waals surface area contributed by atoms with E-state index in [1.54, 1.807) is 11.0 Å². The number of rotatable bonds is 4. The van der Waals surface area contributed by atoms with Crippen molar-refractivity contribution in [1.29, 1.82) is 0 Å². The molecule has 0 aromatic heterocycles. The van der Waals surface area contributed by atoms with E-state index >= 15 is 4.39 Å². The number of ether oxygens (including phenoxy) is 1. The van der Waals surface area contributed by atoms with Crippen LogP contribution in [0.4, 0.5) is 4.39 Å². The zero-order valence-electron chi connectivity index (χ0n) is 14.7. The lowest BCUT2D eigenvalue weighted by molar-refractivity contribution is -0.151. The van der Waals surface area contributed by atoms with Crippen LogP contribution in [0.1, 0.15) is 31.2 Å². The average molecular weight is 348 g/mol. The average Bonchev–Trinajstić information content (AvgIpc) is 3.13. The Morgan fingerprint density at radius 2 is 1.88 bits per heavy atom. The number of alkyl halides is 1. The number of amides is 2. The molecule has 2 aliphatic heterocycles. The van der Waals surface area contributed by atoms with Crippen LogP contribution in [0.2, 0.25) is 0 Å².